The van der Waals surface area contributed by atoms with Gasteiger partial charge in [0.15, 0.2) is 9.84 Å². The average Bonchev–Trinajstić information content (AvgIpc) is 2.97. The van der Waals surface area contributed by atoms with Crippen molar-refractivity contribution < 1.29 is 22.7 Å². The number of ether oxygens (including phenoxy) is 2. The zero-order chi connectivity index (χ0) is 16.3. The van der Waals surface area contributed by atoms with Gasteiger partial charge in [-0.15, -0.1) is 0 Å². The van der Waals surface area contributed by atoms with Gasteiger partial charge in [-0.05, 0) is 49.8 Å². The molecule has 1 aromatic rings. The smallest absolute Gasteiger partial charge is 0.338 e. The second-order valence-electron chi connectivity index (χ2n) is 5.60. The molecule has 22 heavy (non-hydrogen) atoms. The highest BCUT2D eigenvalue weighted by Crippen LogP contribution is 2.32. The number of carbonyl (C=O) groups is 1. The number of hydrogen-bond acceptors (Lipinski definition) is 5. The van der Waals surface area contributed by atoms with Crippen molar-refractivity contribution in [2.45, 2.75) is 50.0 Å². The van der Waals surface area contributed by atoms with Crippen molar-refractivity contribution in [3.05, 3.63) is 23.3 Å². The normalized spacial score (nSPS) is 15.8. The number of carbonyl (C=O) groups excluding carboxylic acids is 1. The maximum absolute atomic E-state index is 12.1. The van der Waals surface area contributed by atoms with E-state index in [1.165, 1.54) is 13.2 Å². The minimum Gasteiger partial charge on any atom is -0.489 e. The lowest BCUT2D eigenvalue weighted by Crippen LogP contribution is -2.15. The third kappa shape index (κ3) is 3.61. The van der Waals surface area contributed by atoms with Gasteiger partial charge in [-0.25, -0.2) is 13.2 Å². The van der Waals surface area contributed by atoms with Crippen molar-refractivity contribution in [1.29, 1.82) is 0 Å². The first-order chi connectivity index (χ1) is 10.4. The first-order valence-electron chi connectivity index (χ1n) is 7.48. The van der Waals surface area contributed by atoms with Crippen molar-refractivity contribution in [3.63, 3.8) is 0 Å². The predicted molar refractivity (Wildman–Crippen MR) is 83.2 cm³/mol. The predicted octanol–water partition coefficient (Wildman–Crippen LogP) is 2.76. The van der Waals surface area contributed by atoms with Crippen LogP contribution in [-0.2, 0) is 21.0 Å². The first-order valence-corrected chi connectivity index (χ1v) is 9.38. The number of methoxy groups -OCH3 is 1. The van der Waals surface area contributed by atoms with Gasteiger partial charge in [-0.2, -0.15) is 0 Å². The lowest BCUT2D eigenvalue weighted by molar-refractivity contribution is 0.0599. The maximum Gasteiger partial charge on any atom is 0.338 e. The number of hydrogen-bond donors (Lipinski definition) is 0. The molecule has 0 bridgehead atoms. The van der Waals surface area contributed by atoms with Crippen LogP contribution in [0.15, 0.2) is 17.0 Å². The number of esters is 1. The summed E-state index contributed by atoms with van der Waals surface area (Å²) in [7, 11) is -2.21. The van der Waals surface area contributed by atoms with Crippen LogP contribution in [0.4, 0.5) is 0 Å². The molecular formula is C16H22O5S. The fraction of sp³-hybridized carbons (Fsp3) is 0.562. The molecule has 0 unspecified atom stereocenters. The van der Waals surface area contributed by atoms with Gasteiger partial charge in [0, 0.05) is 6.26 Å². The second-order valence-corrected chi connectivity index (χ2v) is 7.58. The number of aryl methyl sites for hydroxylation is 1. The molecule has 1 aromatic carbocycles. The van der Waals surface area contributed by atoms with E-state index >= 15 is 0 Å². The summed E-state index contributed by atoms with van der Waals surface area (Å²) >= 11 is 0. The SMILES string of the molecule is CCc1cc(OC2CCCC2)c(S(C)(=O)=O)cc1C(=O)OC. The molecule has 0 spiro atoms. The van der Waals surface area contributed by atoms with E-state index in [-0.39, 0.29) is 16.6 Å². The standard InChI is InChI=1S/C16H22O5S/c1-4-11-9-14(21-12-7-5-6-8-12)15(22(3,18)19)10-13(11)16(17)20-2/h9-10,12H,4-8H2,1-3H3. The number of benzene rings is 1. The summed E-state index contributed by atoms with van der Waals surface area (Å²) in [6.07, 6.45) is 5.83. The molecule has 0 amide bonds. The molecule has 2 rings (SSSR count). The van der Waals surface area contributed by atoms with E-state index in [0.717, 1.165) is 37.5 Å². The first kappa shape index (κ1) is 16.8. The van der Waals surface area contributed by atoms with Gasteiger partial charge in [0.1, 0.15) is 10.6 Å². The minimum atomic E-state index is -3.50. The van der Waals surface area contributed by atoms with Gasteiger partial charge < -0.3 is 9.47 Å². The molecule has 0 heterocycles. The molecule has 0 N–H and O–H groups in total. The van der Waals surface area contributed by atoms with Gasteiger partial charge in [-0.1, -0.05) is 6.92 Å². The highest BCUT2D eigenvalue weighted by atomic mass is 32.2. The van der Waals surface area contributed by atoms with E-state index in [1.54, 1.807) is 6.07 Å². The zero-order valence-electron chi connectivity index (χ0n) is 13.2. The highest BCUT2D eigenvalue weighted by Gasteiger charge is 2.24. The van der Waals surface area contributed by atoms with Crippen LogP contribution in [0.2, 0.25) is 0 Å². The Labute approximate surface area is 131 Å². The summed E-state index contributed by atoms with van der Waals surface area (Å²) in [6.45, 7) is 1.90. The molecular weight excluding hydrogens is 304 g/mol. The Morgan fingerprint density at radius 2 is 1.91 bits per heavy atom. The summed E-state index contributed by atoms with van der Waals surface area (Å²) < 4.78 is 34.8. The van der Waals surface area contributed by atoms with Gasteiger partial charge in [0.05, 0.1) is 18.8 Å². The van der Waals surface area contributed by atoms with Crippen molar-refractivity contribution in [2.75, 3.05) is 13.4 Å². The van der Waals surface area contributed by atoms with Crippen LogP contribution in [0.1, 0.15) is 48.5 Å². The third-order valence-corrected chi connectivity index (χ3v) is 5.07. The molecule has 1 aliphatic rings. The largest absolute Gasteiger partial charge is 0.489 e. The minimum absolute atomic E-state index is 0.0502. The van der Waals surface area contributed by atoms with Crippen molar-refractivity contribution in [2.24, 2.45) is 0 Å². The number of rotatable bonds is 5. The van der Waals surface area contributed by atoms with E-state index in [2.05, 4.69) is 0 Å². The molecule has 0 aliphatic heterocycles. The molecule has 122 valence electrons. The van der Waals surface area contributed by atoms with Gasteiger partial charge in [-0.3, -0.25) is 0 Å². The Morgan fingerprint density at radius 3 is 2.41 bits per heavy atom. The topological polar surface area (TPSA) is 69.7 Å². The summed E-state index contributed by atoms with van der Waals surface area (Å²) in [5, 5.41) is 0. The molecule has 1 aliphatic carbocycles. The summed E-state index contributed by atoms with van der Waals surface area (Å²) in [4.78, 5) is 11.9. The fourth-order valence-electron chi connectivity index (χ4n) is 2.76. The quantitative estimate of drug-likeness (QED) is 0.778. The highest BCUT2D eigenvalue weighted by molar-refractivity contribution is 7.90. The van der Waals surface area contributed by atoms with Gasteiger partial charge >= 0.3 is 5.97 Å². The van der Waals surface area contributed by atoms with Crippen LogP contribution in [0.25, 0.3) is 0 Å². The molecule has 6 heteroatoms. The molecule has 5 nitrogen and oxygen atoms in total. The lowest BCUT2D eigenvalue weighted by atomic mass is 10.0. The Bertz CT molecular complexity index is 657. The Balaban J connectivity index is 2.52. The lowest BCUT2D eigenvalue weighted by Gasteiger charge is -2.18. The fourth-order valence-corrected chi connectivity index (χ4v) is 3.57. The third-order valence-electron chi connectivity index (χ3n) is 3.95. The van der Waals surface area contributed by atoms with Crippen LogP contribution < -0.4 is 4.74 Å². The van der Waals surface area contributed by atoms with Crippen LogP contribution in [0.3, 0.4) is 0 Å². The van der Waals surface area contributed by atoms with Gasteiger partial charge in [0.2, 0.25) is 0 Å². The van der Waals surface area contributed by atoms with Crippen LogP contribution >= 0.6 is 0 Å². The monoisotopic (exact) mass is 326 g/mol. The average molecular weight is 326 g/mol. The van der Waals surface area contributed by atoms with Gasteiger partial charge in [0.25, 0.3) is 0 Å². The summed E-state index contributed by atoms with van der Waals surface area (Å²) in [6, 6.07) is 3.05. The summed E-state index contributed by atoms with van der Waals surface area (Å²) in [5.41, 5.74) is 1.01. The van der Waals surface area contributed by atoms with E-state index in [1.807, 2.05) is 6.92 Å². The molecule has 0 radical (unpaired) electrons. The molecule has 0 saturated heterocycles. The molecule has 0 aromatic heterocycles. The number of sulfone groups is 1. The second kappa shape index (κ2) is 6.69. The van der Waals surface area contributed by atoms with Crippen LogP contribution in [-0.4, -0.2) is 33.9 Å². The zero-order valence-corrected chi connectivity index (χ0v) is 14.0. The van der Waals surface area contributed by atoms with Crippen molar-refractivity contribution in [1.82, 2.24) is 0 Å². The summed E-state index contributed by atoms with van der Waals surface area (Å²) in [5.74, 6) is -0.187. The Morgan fingerprint density at radius 1 is 1.27 bits per heavy atom. The molecule has 1 saturated carbocycles. The molecule has 0 atom stereocenters. The van der Waals surface area contributed by atoms with E-state index in [4.69, 9.17) is 9.47 Å². The van der Waals surface area contributed by atoms with Crippen molar-refractivity contribution in [3.8, 4) is 5.75 Å². The van der Waals surface area contributed by atoms with E-state index in [9.17, 15) is 13.2 Å². The van der Waals surface area contributed by atoms with E-state index in [0.29, 0.717) is 12.2 Å². The van der Waals surface area contributed by atoms with E-state index < -0.39 is 15.8 Å². The van der Waals surface area contributed by atoms with Crippen LogP contribution in [0.5, 0.6) is 5.75 Å². The van der Waals surface area contributed by atoms with Crippen molar-refractivity contribution >= 4 is 15.8 Å². The maximum atomic E-state index is 12.1. The Hall–Kier alpha value is -1.56. The Kier molecular flexibility index (Phi) is 5.11. The molecule has 1 fully saturated rings. The van der Waals surface area contributed by atoms with Crippen LogP contribution in [0, 0.1) is 0 Å².